The summed E-state index contributed by atoms with van der Waals surface area (Å²) in [6, 6.07) is 18.5. The molecule has 2 nitrogen and oxygen atoms in total. The molecule has 0 spiro atoms. The molecule has 1 aliphatic carbocycles. The minimum absolute atomic E-state index is 0.405. The van der Waals surface area contributed by atoms with Crippen molar-refractivity contribution in [3.8, 4) is 0 Å². The number of piperazine rings is 1. The maximum Gasteiger partial charge on any atom is 0.0608 e. The summed E-state index contributed by atoms with van der Waals surface area (Å²) >= 11 is 0. The van der Waals surface area contributed by atoms with Gasteiger partial charge in [0.15, 0.2) is 0 Å². The first kappa shape index (κ1) is 16.6. The van der Waals surface area contributed by atoms with E-state index in [0.717, 1.165) is 45.6 Å². The van der Waals surface area contributed by atoms with E-state index in [-0.39, 0.29) is 0 Å². The lowest BCUT2D eigenvalue weighted by Gasteiger charge is -2.40. The van der Waals surface area contributed by atoms with Gasteiger partial charge in [0, 0.05) is 32.7 Å². The lowest BCUT2D eigenvalue weighted by molar-refractivity contribution is 0.116. The first-order valence-corrected chi connectivity index (χ1v) is 9.49. The molecule has 25 heavy (non-hydrogen) atoms. The minimum atomic E-state index is 0.405. The van der Waals surface area contributed by atoms with Crippen LogP contribution in [0.4, 0.5) is 0 Å². The number of hydrogen-bond acceptors (Lipinski definition) is 2. The summed E-state index contributed by atoms with van der Waals surface area (Å²) < 4.78 is 0. The summed E-state index contributed by atoms with van der Waals surface area (Å²) in [5, 5.41) is 0. The van der Waals surface area contributed by atoms with Gasteiger partial charge in [-0.15, -0.1) is 0 Å². The SMILES string of the molecule is C=C(C)CN1CCN(C2c3ccccc3CCc3ccccc32)CC1. The molecule has 0 aromatic heterocycles. The Labute approximate surface area is 151 Å². The summed E-state index contributed by atoms with van der Waals surface area (Å²) in [6.07, 6.45) is 2.30. The smallest absolute Gasteiger partial charge is 0.0608 e. The van der Waals surface area contributed by atoms with Crippen LogP contribution in [0.1, 0.15) is 35.2 Å². The van der Waals surface area contributed by atoms with Crippen LogP contribution in [0.15, 0.2) is 60.7 Å². The zero-order valence-electron chi connectivity index (χ0n) is 15.2. The summed E-state index contributed by atoms with van der Waals surface area (Å²) in [5.41, 5.74) is 7.33. The van der Waals surface area contributed by atoms with Crippen LogP contribution in [0, 0.1) is 0 Å². The van der Waals surface area contributed by atoms with Crippen molar-refractivity contribution in [3.63, 3.8) is 0 Å². The van der Waals surface area contributed by atoms with Gasteiger partial charge in [-0.05, 0) is 42.0 Å². The van der Waals surface area contributed by atoms with Gasteiger partial charge in [0.1, 0.15) is 0 Å². The maximum atomic E-state index is 4.07. The number of hydrogen-bond donors (Lipinski definition) is 0. The van der Waals surface area contributed by atoms with E-state index in [1.54, 1.807) is 0 Å². The van der Waals surface area contributed by atoms with Crippen LogP contribution < -0.4 is 0 Å². The second-order valence-corrected chi connectivity index (χ2v) is 7.57. The predicted octanol–water partition coefficient (Wildman–Crippen LogP) is 4.07. The van der Waals surface area contributed by atoms with Crippen molar-refractivity contribution < 1.29 is 0 Å². The molecule has 0 unspecified atom stereocenters. The highest BCUT2D eigenvalue weighted by atomic mass is 15.3. The molecule has 0 N–H and O–H groups in total. The molecular weight excluding hydrogens is 304 g/mol. The molecule has 2 aromatic rings. The molecule has 0 radical (unpaired) electrons. The predicted molar refractivity (Wildman–Crippen MR) is 105 cm³/mol. The molecule has 1 aliphatic heterocycles. The van der Waals surface area contributed by atoms with Crippen LogP contribution in [-0.4, -0.2) is 42.5 Å². The van der Waals surface area contributed by atoms with Gasteiger partial charge < -0.3 is 0 Å². The fraction of sp³-hybridized carbons (Fsp3) is 0.391. The second-order valence-electron chi connectivity index (χ2n) is 7.57. The molecule has 4 rings (SSSR count). The number of nitrogens with zero attached hydrogens (tertiary/aromatic N) is 2. The summed E-state index contributed by atoms with van der Waals surface area (Å²) in [6.45, 7) is 11.8. The van der Waals surface area contributed by atoms with Crippen LogP contribution in [0.5, 0.6) is 0 Å². The standard InChI is InChI=1S/C23H28N2/c1-18(2)17-24-13-15-25(16-14-24)23-21-9-5-3-7-19(21)11-12-20-8-4-6-10-22(20)23/h3-10,23H,1,11-17H2,2H3. The molecule has 1 fully saturated rings. The van der Waals surface area contributed by atoms with Gasteiger partial charge in [0.2, 0.25) is 0 Å². The quantitative estimate of drug-likeness (QED) is 0.782. The lowest BCUT2D eigenvalue weighted by atomic mass is 9.92. The van der Waals surface area contributed by atoms with Crippen LogP contribution >= 0.6 is 0 Å². The summed E-state index contributed by atoms with van der Waals surface area (Å²) in [7, 11) is 0. The highest BCUT2D eigenvalue weighted by Gasteiger charge is 2.30. The molecule has 1 heterocycles. The van der Waals surface area contributed by atoms with Crippen molar-refractivity contribution in [1.29, 1.82) is 0 Å². The fourth-order valence-electron chi connectivity index (χ4n) is 4.45. The van der Waals surface area contributed by atoms with Gasteiger partial charge >= 0.3 is 0 Å². The van der Waals surface area contributed by atoms with E-state index >= 15 is 0 Å². The van der Waals surface area contributed by atoms with E-state index in [1.807, 2.05) is 0 Å². The Kier molecular flexibility index (Phi) is 4.74. The topological polar surface area (TPSA) is 6.48 Å². The van der Waals surface area contributed by atoms with Gasteiger partial charge in [-0.3, -0.25) is 9.80 Å². The van der Waals surface area contributed by atoms with Gasteiger partial charge in [-0.2, -0.15) is 0 Å². The molecule has 1 saturated heterocycles. The maximum absolute atomic E-state index is 4.07. The molecule has 0 bridgehead atoms. The van der Waals surface area contributed by atoms with E-state index in [2.05, 4.69) is 71.8 Å². The van der Waals surface area contributed by atoms with Crippen LogP contribution in [-0.2, 0) is 12.8 Å². The Balaban J connectivity index is 1.66. The largest absolute Gasteiger partial charge is 0.297 e. The van der Waals surface area contributed by atoms with Gasteiger partial charge in [0.05, 0.1) is 6.04 Å². The third kappa shape index (κ3) is 3.42. The van der Waals surface area contributed by atoms with Crippen molar-refractivity contribution in [1.82, 2.24) is 9.80 Å². The minimum Gasteiger partial charge on any atom is -0.297 e. The van der Waals surface area contributed by atoms with Gasteiger partial charge in [0.25, 0.3) is 0 Å². The lowest BCUT2D eigenvalue weighted by Crippen LogP contribution is -2.48. The third-order valence-electron chi connectivity index (χ3n) is 5.63. The monoisotopic (exact) mass is 332 g/mol. The summed E-state index contributed by atoms with van der Waals surface area (Å²) in [5.74, 6) is 0. The Morgan fingerprint density at radius 3 is 1.92 bits per heavy atom. The number of aryl methyl sites for hydroxylation is 2. The van der Waals surface area contributed by atoms with E-state index in [1.165, 1.54) is 27.8 Å². The zero-order chi connectivity index (χ0) is 17.2. The first-order chi connectivity index (χ1) is 12.2. The van der Waals surface area contributed by atoms with Crippen molar-refractivity contribution in [2.24, 2.45) is 0 Å². The molecule has 2 aliphatic rings. The van der Waals surface area contributed by atoms with Crippen molar-refractivity contribution in [2.75, 3.05) is 32.7 Å². The highest BCUT2D eigenvalue weighted by molar-refractivity contribution is 5.44. The molecule has 2 heteroatoms. The number of rotatable bonds is 3. The van der Waals surface area contributed by atoms with Crippen LogP contribution in [0.3, 0.4) is 0 Å². The third-order valence-corrected chi connectivity index (χ3v) is 5.63. The molecule has 0 saturated carbocycles. The summed E-state index contributed by atoms with van der Waals surface area (Å²) in [4.78, 5) is 5.23. The average molecular weight is 332 g/mol. The normalized spacial score (nSPS) is 19.1. The Morgan fingerprint density at radius 2 is 1.40 bits per heavy atom. The molecule has 0 atom stereocenters. The second kappa shape index (κ2) is 7.15. The molecule has 130 valence electrons. The van der Waals surface area contributed by atoms with Gasteiger partial charge in [-0.25, -0.2) is 0 Å². The van der Waals surface area contributed by atoms with Crippen LogP contribution in [0.25, 0.3) is 0 Å². The number of fused-ring (bicyclic) bond motifs is 2. The first-order valence-electron chi connectivity index (χ1n) is 9.49. The Bertz CT molecular complexity index is 709. The highest BCUT2D eigenvalue weighted by Crippen LogP contribution is 2.37. The van der Waals surface area contributed by atoms with E-state index < -0.39 is 0 Å². The van der Waals surface area contributed by atoms with Crippen molar-refractivity contribution >= 4 is 0 Å². The van der Waals surface area contributed by atoms with E-state index in [9.17, 15) is 0 Å². The molecule has 2 aromatic carbocycles. The van der Waals surface area contributed by atoms with Crippen molar-refractivity contribution in [2.45, 2.75) is 25.8 Å². The van der Waals surface area contributed by atoms with Gasteiger partial charge in [-0.1, -0.05) is 60.7 Å². The molecular formula is C23H28N2. The van der Waals surface area contributed by atoms with Crippen LogP contribution in [0.2, 0.25) is 0 Å². The molecule has 0 amide bonds. The number of benzene rings is 2. The Morgan fingerprint density at radius 1 is 0.880 bits per heavy atom. The fourth-order valence-corrected chi connectivity index (χ4v) is 4.45. The zero-order valence-corrected chi connectivity index (χ0v) is 15.2. The van der Waals surface area contributed by atoms with E-state index in [0.29, 0.717) is 6.04 Å². The Hall–Kier alpha value is -1.90. The van der Waals surface area contributed by atoms with Crippen molar-refractivity contribution in [3.05, 3.63) is 82.9 Å². The van der Waals surface area contributed by atoms with E-state index in [4.69, 9.17) is 0 Å². The average Bonchev–Trinajstić information content (AvgIpc) is 2.79.